The van der Waals surface area contributed by atoms with Crippen molar-refractivity contribution >= 4 is 29.9 Å². The van der Waals surface area contributed by atoms with Crippen LogP contribution in [0.1, 0.15) is 37.8 Å². The van der Waals surface area contributed by atoms with Crippen molar-refractivity contribution in [1.29, 1.82) is 0 Å². The third-order valence-electron chi connectivity index (χ3n) is 3.72. The highest BCUT2D eigenvalue weighted by Gasteiger charge is 2.22. The van der Waals surface area contributed by atoms with Gasteiger partial charge in [-0.2, -0.15) is 0 Å². The normalized spacial score (nSPS) is 12.7. The van der Waals surface area contributed by atoms with Crippen molar-refractivity contribution in [3.05, 3.63) is 35.4 Å². The van der Waals surface area contributed by atoms with Crippen LogP contribution < -0.4 is 10.6 Å². The second kappa shape index (κ2) is 12.4. The Labute approximate surface area is 161 Å². The van der Waals surface area contributed by atoms with Gasteiger partial charge in [-0.05, 0) is 32.6 Å². The maximum atomic E-state index is 14.0. The van der Waals surface area contributed by atoms with Gasteiger partial charge in [0.2, 0.25) is 0 Å². The fraction of sp³-hybridized carbons (Fsp3) is 0.588. The summed E-state index contributed by atoms with van der Waals surface area (Å²) < 4.78 is 28.0. The predicted octanol–water partition coefficient (Wildman–Crippen LogP) is 3.54. The van der Waals surface area contributed by atoms with Crippen molar-refractivity contribution in [3.63, 3.8) is 0 Å². The lowest BCUT2D eigenvalue weighted by Gasteiger charge is -2.26. The summed E-state index contributed by atoms with van der Waals surface area (Å²) in [5.74, 6) is -0.419. The van der Waals surface area contributed by atoms with E-state index >= 15 is 0 Å². The zero-order chi connectivity index (χ0) is 17.2. The molecule has 4 nitrogen and oxygen atoms in total. The first kappa shape index (κ1) is 23.0. The van der Waals surface area contributed by atoms with Crippen LogP contribution >= 0.6 is 24.0 Å². The minimum absolute atomic E-state index is 0. The fourth-order valence-electron chi connectivity index (χ4n) is 2.37. The van der Waals surface area contributed by atoms with Crippen molar-refractivity contribution in [2.24, 2.45) is 4.99 Å². The Morgan fingerprint density at radius 2 is 1.79 bits per heavy atom. The number of nitrogens with one attached hydrogen (secondary N) is 2. The number of hydrogen-bond acceptors (Lipinski definition) is 2. The maximum Gasteiger partial charge on any atom is 0.191 e. The van der Waals surface area contributed by atoms with Crippen molar-refractivity contribution in [1.82, 2.24) is 15.5 Å². The summed E-state index contributed by atoms with van der Waals surface area (Å²) in [7, 11) is 5.29. The van der Waals surface area contributed by atoms with Crippen LogP contribution in [0.5, 0.6) is 0 Å². The van der Waals surface area contributed by atoms with Gasteiger partial charge in [0.15, 0.2) is 5.96 Å². The van der Waals surface area contributed by atoms with Crippen LogP contribution in [0.15, 0.2) is 23.2 Å². The first-order chi connectivity index (χ1) is 11.0. The molecule has 0 radical (unpaired) electrons. The average Bonchev–Trinajstić information content (AvgIpc) is 2.51. The summed E-state index contributed by atoms with van der Waals surface area (Å²) in [5.41, 5.74) is 0.0754. The van der Waals surface area contributed by atoms with Gasteiger partial charge in [0, 0.05) is 25.7 Å². The second-order valence-electron chi connectivity index (χ2n) is 5.70. The Kier molecular flexibility index (Phi) is 11.9. The van der Waals surface area contributed by atoms with Gasteiger partial charge in [0.05, 0.1) is 6.04 Å². The van der Waals surface area contributed by atoms with Crippen LogP contribution in [0.4, 0.5) is 8.78 Å². The molecule has 0 saturated carbocycles. The number of nitrogens with zero attached hydrogens (tertiary/aromatic N) is 2. The minimum Gasteiger partial charge on any atom is -0.356 e. The summed E-state index contributed by atoms with van der Waals surface area (Å²) in [4.78, 5) is 5.93. The van der Waals surface area contributed by atoms with Gasteiger partial charge in [-0.3, -0.25) is 4.99 Å². The summed E-state index contributed by atoms with van der Waals surface area (Å²) in [6.07, 6.45) is 3.38. The number of halogens is 3. The predicted molar refractivity (Wildman–Crippen MR) is 107 cm³/mol. The molecule has 138 valence electrons. The summed E-state index contributed by atoms with van der Waals surface area (Å²) >= 11 is 0. The molecule has 0 spiro atoms. The van der Waals surface area contributed by atoms with E-state index in [-0.39, 0.29) is 29.5 Å². The van der Waals surface area contributed by atoms with Crippen LogP contribution in [0, 0.1) is 11.6 Å². The molecular formula is C17H29F2IN4. The molecule has 0 saturated heterocycles. The third-order valence-corrected chi connectivity index (χ3v) is 3.72. The van der Waals surface area contributed by atoms with E-state index in [0.29, 0.717) is 12.5 Å². The number of likely N-dealkylation sites (N-methyl/N-ethyl adjacent to an activating group) is 1. The highest BCUT2D eigenvalue weighted by Crippen LogP contribution is 2.23. The molecule has 0 bridgehead atoms. The Bertz CT molecular complexity index is 489. The molecule has 1 aromatic carbocycles. The van der Waals surface area contributed by atoms with Crippen LogP contribution in [-0.4, -0.2) is 45.1 Å². The van der Waals surface area contributed by atoms with E-state index in [2.05, 4.69) is 22.5 Å². The average molecular weight is 454 g/mol. The summed E-state index contributed by atoms with van der Waals surface area (Å²) in [6, 6.07) is 3.52. The van der Waals surface area contributed by atoms with E-state index in [1.165, 1.54) is 18.2 Å². The molecule has 0 heterocycles. The molecule has 24 heavy (non-hydrogen) atoms. The highest BCUT2D eigenvalue weighted by atomic mass is 127. The number of unbranched alkanes of at least 4 members (excludes halogenated alkanes) is 2. The molecule has 0 fully saturated rings. The molecule has 1 unspecified atom stereocenters. The fourth-order valence-corrected chi connectivity index (χ4v) is 2.37. The summed E-state index contributed by atoms with van der Waals surface area (Å²) in [6.45, 7) is 3.34. The zero-order valence-corrected chi connectivity index (χ0v) is 17.2. The first-order valence-electron chi connectivity index (χ1n) is 8.06. The first-order valence-corrected chi connectivity index (χ1v) is 8.06. The van der Waals surface area contributed by atoms with Crippen molar-refractivity contribution in [2.75, 3.05) is 34.2 Å². The lowest BCUT2D eigenvalue weighted by molar-refractivity contribution is 0.282. The Morgan fingerprint density at radius 3 is 2.29 bits per heavy atom. The van der Waals surface area contributed by atoms with E-state index in [4.69, 9.17) is 0 Å². The van der Waals surface area contributed by atoms with Gasteiger partial charge in [-0.15, -0.1) is 24.0 Å². The van der Waals surface area contributed by atoms with E-state index in [1.54, 1.807) is 26.0 Å². The molecule has 0 aliphatic carbocycles. The third kappa shape index (κ3) is 7.29. The molecule has 7 heteroatoms. The monoisotopic (exact) mass is 454 g/mol. The van der Waals surface area contributed by atoms with Crippen molar-refractivity contribution in [2.45, 2.75) is 32.2 Å². The van der Waals surface area contributed by atoms with E-state index in [1.807, 2.05) is 0 Å². The summed E-state index contributed by atoms with van der Waals surface area (Å²) in [5, 5.41) is 6.36. The smallest absolute Gasteiger partial charge is 0.191 e. The van der Waals surface area contributed by atoms with Gasteiger partial charge in [-0.25, -0.2) is 8.78 Å². The SMILES string of the molecule is CCCCCNC(=NC)NCC(c1c(F)cccc1F)N(C)C.I. The molecule has 2 N–H and O–H groups in total. The molecule has 0 aliphatic rings. The Hall–Kier alpha value is -0.960. The van der Waals surface area contributed by atoms with Gasteiger partial charge in [0.25, 0.3) is 0 Å². The van der Waals surface area contributed by atoms with Crippen molar-refractivity contribution in [3.8, 4) is 0 Å². The van der Waals surface area contributed by atoms with Gasteiger partial charge in [0.1, 0.15) is 11.6 Å². The second-order valence-corrected chi connectivity index (χ2v) is 5.70. The largest absolute Gasteiger partial charge is 0.356 e. The molecule has 0 aromatic heterocycles. The maximum absolute atomic E-state index is 14.0. The molecule has 0 amide bonds. The van der Waals surface area contributed by atoms with E-state index in [9.17, 15) is 8.78 Å². The number of guanidine groups is 1. The standard InChI is InChI=1S/C17H28F2N4.HI/c1-5-6-7-11-21-17(20-2)22-12-15(23(3)4)16-13(18)9-8-10-14(16)19;/h8-10,15H,5-7,11-12H2,1-4H3,(H2,20,21,22);1H. The number of benzene rings is 1. The lowest BCUT2D eigenvalue weighted by Crippen LogP contribution is -2.42. The quantitative estimate of drug-likeness (QED) is 0.273. The van der Waals surface area contributed by atoms with Gasteiger partial charge < -0.3 is 15.5 Å². The van der Waals surface area contributed by atoms with Crippen LogP contribution in [-0.2, 0) is 0 Å². The van der Waals surface area contributed by atoms with E-state index in [0.717, 1.165) is 25.8 Å². The number of aliphatic imine (C=N–C) groups is 1. The molecular weight excluding hydrogens is 425 g/mol. The van der Waals surface area contributed by atoms with Gasteiger partial charge in [-0.1, -0.05) is 25.8 Å². The Morgan fingerprint density at radius 1 is 1.17 bits per heavy atom. The molecule has 1 rings (SSSR count). The van der Waals surface area contributed by atoms with Gasteiger partial charge >= 0.3 is 0 Å². The van der Waals surface area contributed by atoms with Crippen LogP contribution in [0.25, 0.3) is 0 Å². The molecule has 1 aromatic rings. The van der Waals surface area contributed by atoms with Crippen LogP contribution in [0.2, 0.25) is 0 Å². The molecule has 0 aliphatic heterocycles. The molecule has 1 atom stereocenters. The number of rotatable bonds is 8. The van der Waals surface area contributed by atoms with E-state index < -0.39 is 17.7 Å². The van der Waals surface area contributed by atoms with Crippen LogP contribution in [0.3, 0.4) is 0 Å². The topological polar surface area (TPSA) is 39.7 Å². The van der Waals surface area contributed by atoms with Crippen molar-refractivity contribution < 1.29 is 8.78 Å². The highest BCUT2D eigenvalue weighted by molar-refractivity contribution is 14.0. The Balaban J connectivity index is 0.00000529. The zero-order valence-electron chi connectivity index (χ0n) is 14.9. The number of hydrogen-bond donors (Lipinski definition) is 2. The minimum atomic E-state index is -0.531. The lowest BCUT2D eigenvalue weighted by atomic mass is 10.0.